The Morgan fingerprint density at radius 3 is 2.81 bits per heavy atom. The highest BCUT2D eigenvalue weighted by atomic mass is 32.1. The van der Waals surface area contributed by atoms with Crippen molar-refractivity contribution in [3.05, 3.63) is 40.2 Å². The number of nitrogens with one attached hydrogen (secondary N) is 1. The maximum atomic E-state index is 5.56. The van der Waals surface area contributed by atoms with Gasteiger partial charge in [0, 0.05) is 25.2 Å². The lowest BCUT2D eigenvalue weighted by molar-refractivity contribution is 0.181. The van der Waals surface area contributed by atoms with E-state index in [0.29, 0.717) is 12.1 Å². The molecule has 4 heteroatoms. The average Bonchev–Trinajstić information content (AvgIpc) is 2.72. The molecule has 1 aromatic heterocycles. The number of allylic oxidation sites excluding steroid dienone is 1. The average molecular weight is 301 g/mol. The summed E-state index contributed by atoms with van der Waals surface area (Å²) < 4.78 is 3.13. The zero-order valence-corrected chi connectivity index (χ0v) is 14.0. The van der Waals surface area contributed by atoms with Crippen LogP contribution < -0.4 is 0 Å². The first kappa shape index (κ1) is 14.5. The number of benzene rings is 1. The summed E-state index contributed by atoms with van der Waals surface area (Å²) >= 11 is 5.56. The SMILES string of the molecule is CC(C)=CCN1Cc2cccc3[nH]c(=S)n(c23)[C@H](C)[C@H]1C. The fourth-order valence-corrected chi connectivity index (χ4v) is 3.55. The Balaban J connectivity index is 2.13. The molecule has 0 saturated heterocycles. The zero-order chi connectivity index (χ0) is 15.1. The Morgan fingerprint density at radius 1 is 1.33 bits per heavy atom. The predicted octanol–water partition coefficient (Wildman–Crippen LogP) is 4.43. The maximum absolute atomic E-state index is 5.56. The molecule has 0 aliphatic carbocycles. The number of H-pyrrole nitrogens is 1. The monoisotopic (exact) mass is 301 g/mol. The van der Waals surface area contributed by atoms with E-state index in [9.17, 15) is 0 Å². The lowest BCUT2D eigenvalue weighted by Crippen LogP contribution is -2.36. The van der Waals surface area contributed by atoms with Crippen LogP contribution in [0.5, 0.6) is 0 Å². The molecule has 1 aliphatic heterocycles. The van der Waals surface area contributed by atoms with Gasteiger partial charge < -0.3 is 9.55 Å². The lowest BCUT2D eigenvalue weighted by atomic mass is 10.1. The molecule has 3 nitrogen and oxygen atoms in total. The molecular weight excluding hydrogens is 278 g/mol. The van der Waals surface area contributed by atoms with Crippen LogP contribution in [0.4, 0.5) is 0 Å². The van der Waals surface area contributed by atoms with Gasteiger partial charge in [-0.15, -0.1) is 0 Å². The van der Waals surface area contributed by atoms with Crippen molar-refractivity contribution < 1.29 is 0 Å². The molecule has 112 valence electrons. The first-order valence-electron chi connectivity index (χ1n) is 7.58. The topological polar surface area (TPSA) is 24.0 Å². The molecular formula is C17H23N3S. The van der Waals surface area contributed by atoms with E-state index in [1.807, 2.05) is 0 Å². The summed E-state index contributed by atoms with van der Waals surface area (Å²) in [5, 5.41) is 0. The standard InChI is InChI=1S/C17H23N3S/c1-11(2)8-9-19-10-14-6-5-7-15-16(14)20(17(21)18-15)13(4)12(19)3/h5-8,12-13H,9-10H2,1-4H3,(H,18,21)/t12-,13-/m1/s1. The fraction of sp³-hybridized carbons (Fsp3) is 0.471. The molecule has 0 amide bonds. The first-order chi connectivity index (χ1) is 9.99. The zero-order valence-electron chi connectivity index (χ0n) is 13.2. The highest BCUT2D eigenvalue weighted by Gasteiger charge is 2.27. The second-order valence-corrected chi connectivity index (χ2v) is 6.69. The van der Waals surface area contributed by atoms with Crippen LogP contribution >= 0.6 is 12.2 Å². The molecule has 2 aromatic rings. The number of aromatic amines is 1. The molecule has 1 aliphatic rings. The van der Waals surface area contributed by atoms with Gasteiger partial charge >= 0.3 is 0 Å². The normalized spacial score (nSPS) is 22.3. The van der Waals surface area contributed by atoms with E-state index in [2.05, 4.69) is 66.4 Å². The quantitative estimate of drug-likeness (QED) is 0.655. The number of imidazole rings is 1. The molecule has 0 saturated carbocycles. The lowest BCUT2D eigenvalue weighted by Gasteiger charge is -2.30. The summed E-state index contributed by atoms with van der Waals surface area (Å²) in [6.45, 7) is 10.9. The molecule has 0 spiro atoms. The van der Waals surface area contributed by atoms with E-state index in [1.54, 1.807) is 0 Å². The molecule has 2 atom stereocenters. The van der Waals surface area contributed by atoms with Crippen molar-refractivity contribution in [2.75, 3.05) is 6.54 Å². The fourth-order valence-electron chi connectivity index (χ4n) is 3.18. The van der Waals surface area contributed by atoms with Gasteiger partial charge in [-0.1, -0.05) is 23.8 Å². The van der Waals surface area contributed by atoms with Crippen LogP contribution in [-0.2, 0) is 6.54 Å². The largest absolute Gasteiger partial charge is 0.331 e. The van der Waals surface area contributed by atoms with Crippen LogP contribution in [0.2, 0.25) is 0 Å². The minimum Gasteiger partial charge on any atom is -0.331 e. The van der Waals surface area contributed by atoms with Crippen molar-refractivity contribution in [3.63, 3.8) is 0 Å². The number of nitrogens with zero attached hydrogens (tertiary/aromatic N) is 2. The molecule has 0 radical (unpaired) electrons. The van der Waals surface area contributed by atoms with Crippen molar-refractivity contribution >= 4 is 23.3 Å². The Hall–Kier alpha value is -1.39. The van der Waals surface area contributed by atoms with Gasteiger partial charge in [0.25, 0.3) is 0 Å². The summed E-state index contributed by atoms with van der Waals surface area (Å²) in [7, 11) is 0. The number of para-hydroxylation sites is 1. The first-order valence-corrected chi connectivity index (χ1v) is 7.99. The van der Waals surface area contributed by atoms with Gasteiger partial charge in [0.15, 0.2) is 4.77 Å². The maximum Gasteiger partial charge on any atom is 0.178 e. The molecule has 21 heavy (non-hydrogen) atoms. The van der Waals surface area contributed by atoms with Gasteiger partial charge in [-0.05, 0) is 51.5 Å². The number of hydrogen-bond acceptors (Lipinski definition) is 2. The second kappa shape index (κ2) is 5.43. The van der Waals surface area contributed by atoms with Gasteiger partial charge in [-0.3, -0.25) is 4.90 Å². The van der Waals surface area contributed by atoms with Crippen molar-refractivity contribution in [2.24, 2.45) is 0 Å². The molecule has 0 unspecified atom stereocenters. The Kier molecular flexibility index (Phi) is 3.76. The van der Waals surface area contributed by atoms with Crippen molar-refractivity contribution in [2.45, 2.75) is 46.3 Å². The van der Waals surface area contributed by atoms with E-state index >= 15 is 0 Å². The number of hydrogen-bond donors (Lipinski definition) is 1. The molecule has 1 aromatic carbocycles. The van der Waals surface area contributed by atoms with Gasteiger partial charge in [0.1, 0.15) is 0 Å². The smallest absolute Gasteiger partial charge is 0.178 e. The summed E-state index contributed by atoms with van der Waals surface area (Å²) in [6.07, 6.45) is 2.31. The molecule has 3 rings (SSSR count). The molecule has 0 bridgehead atoms. The van der Waals surface area contributed by atoms with Gasteiger partial charge in [0.05, 0.1) is 11.0 Å². The predicted molar refractivity (Wildman–Crippen MR) is 91.1 cm³/mol. The summed E-state index contributed by atoms with van der Waals surface area (Å²) in [5.41, 5.74) is 5.16. The van der Waals surface area contributed by atoms with Gasteiger partial charge in [0.2, 0.25) is 0 Å². The van der Waals surface area contributed by atoms with Crippen LogP contribution in [0.1, 0.15) is 39.3 Å². The third kappa shape index (κ3) is 2.47. The Labute approximate surface area is 131 Å². The number of rotatable bonds is 2. The van der Waals surface area contributed by atoms with Crippen molar-refractivity contribution in [1.82, 2.24) is 14.5 Å². The van der Waals surface area contributed by atoms with E-state index < -0.39 is 0 Å². The molecule has 1 N–H and O–H groups in total. The van der Waals surface area contributed by atoms with E-state index in [1.165, 1.54) is 16.7 Å². The van der Waals surface area contributed by atoms with E-state index in [4.69, 9.17) is 12.2 Å². The minimum atomic E-state index is 0.362. The highest BCUT2D eigenvalue weighted by molar-refractivity contribution is 7.71. The third-order valence-corrected chi connectivity index (χ3v) is 4.91. The minimum absolute atomic E-state index is 0.362. The third-order valence-electron chi connectivity index (χ3n) is 4.61. The van der Waals surface area contributed by atoms with Crippen LogP contribution in [0.25, 0.3) is 11.0 Å². The molecule has 2 heterocycles. The van der Waals surface area contributed by atoms with Crippen molar-refractivity contribution in [3.8, 4) is 0 Å². The van der Waals surface area contributed by atoms with Crippen LogP contribution in [0.3, 0.4) is 0 Å². The highest BCUT2D eigenvalue weighted by Crippen LogP contribution is 2.31. The Morgan fingerprint density at radius 2 is 2.10 bits per heavy atom. The van der Waals surface area contributed by atoms with Crippen molar-refractivity contribution in [1.29, 1.82) is 0 Å². The van der Waals surface area contributed by atoms with Crippen LogP contribution in [0.15, 0.2) is 29.8 Å². The van der Waals surface area contributed by atoms with E-state index in [-0.39, 0.29) is 0 Å². The summed E-state index contributed by atoms with van der Waals surface area (Å²) in [6, 6.07) is 7.27. The Bertz CT molecular complexity index is 749. The van der Waals surface area contributed by atoms with E-state index in [0.717, 1.165) is 23.4 Å². The summed E-state index contributed by atoms with van der Waals surface area (Å²) in [5.74, 6) is 0. The summed E-state index contributed by atoms with van der Waals surface area (Å²) in [4.78, 5) is 5.89. The molecule has 0 fully saturated rings. The van der Waals surface area contributed by atoms with Gasteiger partial charge in [-0.2, -0.15) is 0 Å². The van der Waals surface area contributed by atoms with Crippen LogP contribution in [-0.4, -0.2) is 27.0 Å². The second-order valence-electron chi connectivity index (χ2n) is 6.31. The van der Waals surface area contributed by atoms with Gasteiger partial charge in [-0.25, -0.2) is 0 Å². The van der Waals surface area contributed by atoms with Crippen LogP contribution in [0, 0.1) is 4.77 Å². The number of aromatic nitrogens is 2.